The molecule has 0 saturated heterocycles. The van der Waals surface area contributed by atoms with Crippen LogP contribution in [0.2, 0.25) is 0 Å². The van der Waals surface area contributed by atoms with Crippen LogP contribution in [0.5, 0.6) is 0 Å². The van der Waals surface area contributed by atoms with Gasteiger partial charge in [-0.1, -0.05) is 0 Å². The van der Waals surface area contributed by atoms with Crippen LogP contribution in [0.3, 0.4) is 0 Å². The van der Waals surface area contributed by atoms with Gasteiger partial charge in [-0.3, -0.25) is 9.78 Å². The minimum atomic E-state index is -0.0441. The number of hydrogen-bond donors (Lipinski definition) is 3. The summed E-state index contributed by atoms with van der Waals surface area (Å²) < 4.78 is 0. The number of anilines is 1. The Labute approximate surface area is 94.9 Å². The Morgan fingerprint density at radius 2 is 2.38 bits per heavy atom. The fraction of sp³-hybridized carbons (Fsp3) is 0.455. The summed E-state index contributed by atoms with van der Waals surface area (Å²) in [7, 11) is 1.61. The number of hydrogen-bond acceptors (Lipinski definition) is 4. The van der Waals surface area contributed by atoms with E-state index in [-0.39, 0.29) is 18.6 Å². The number of carbonyl (C=O) groups excluding carboxylic acids is 1. The predicted molar refractivity (Wildman–Crippen MR) is 61.9 cm³/mol. The summed E-state index contributed by atoms with van der Waals surface area (Å²) in [6, 6.07) is 1.74. The van der Waals surface area contributed by atoms with Crippen LogP contribution in [0.1, 0.15) is 18.9 Å². The number of aliphatic hydroxyl groups excluding tert-OH is 1. The van der Waals surface area contributed by atoms with Gasteiger partial charge in [0.15, 0.2) is 0 Å². The second kappa shape index (κ2) is 6.07. The maximum absolute atomic E-state index is 11.2. The Bertz CT molecular complexity index is 355. The lowest BCUT2D eigenvalue weighted by Crippen LogP contribution is -2.27. The van der Waals surface area contributed by atoms with E-state index in [0.717, 1.165) is 11.3 Å². The van der Waals surface area contributed by atoms with Crippen LogP contribution < -0.4 is 10.6 Å². The summed E-state index contributed by atoms with van der Waals surface area (Å²) in [6.07, 6.45) is 3.66. The fourth-order valence-corrected chi connectivity index (χ4v) is 1.39. The monoisotopic (exact) mass is 223 g/mol. The fourth-order valence-electron chi connectivity index (χ4n) is 1.39. The molecule has 1 aromatic rings. The number of rotatable bonds is 5. The second-order valence-corrected chi connectivity index (χ2v) is 3.61. The largest absolute Gasteiger partial charge is 0.392 e. The van der Waals surface area contributed by atoms with Crippen molar-refractivity contribution in [2.45, 2.75) is 26.0 Å². The van der Waals surface area contributed by atoms with E-state index < -0.39 is 0 Å². The zero-order valence-electron chi connectivity index (χ0n) is 9.53. The molecule has 0 aromatic carbocycles. The van der Waals surface area contributed by atoms with Gasteiger partial charge in [-0.15, -0.1) is 0 Å². The van der Waals surface area contributed by atoms with E-state index in [2.05, 4.69) is 15.6 Å². The summed E-state index contributed by atoms with van der Waals surface area (Å²) in [4.78, 5) is 15.1. The van der Waals surface area contributed by atoms with Gasteiger partial charge in [0.05, 0.1) is 18.5 Å². The van der Waals surface area contributed by atoms with Gasteiger partial charge in [-0.05, 0) is 13.0 Å². The molecule has 1 amide bonds. The van der Waals surface area contributed by atoms with Crippen molar-refractivity contribution in [3.8, 4) is 0 Å². The van der Waals surface area contributed by atoms with E-state index >= 15 is 0 Å². The van der Waals surface area contributed by atoms with Crippen molar-refractivity contribution in [2.75, 3.05) is 12.4 Å². The molecule has 1 heterocycles. The molecule has 3 N–H and O–H groups in total. The molecule has 0 fully saturated rings. The number of nitrogens with zero attached hydrogens (tertiary/aromatic N) is 1. The smallest absolute Gasteiger partial charge is 0.221 e. The number of aromatic nitrogens is 1. The molecule has 1 unspecified atom stereocenters. The predicted octanol–water partition coefficient (Wildman–Crippen LogP) is 0.510. The molecule has 0 bridgehead atoms. The van der Waals surface area contributed by atoms with Crippen LogP contribution >= 0.6 is 0 Å². The normalized spacial score (nSPS) is 11.9. The zero-order valence-corrected chi connectivity index (χ0v) is 9.53. The van der Waals surface area contributed by atoms with Gasteiger partial charge in [0.2, 0.25) is 5.91 Å². The standard InChI is InChI=1S/C11H17N3O2/c1-8(5-11(16)12-2)14-10-6-13-4-3-9(10)7-15/h3-4,6,8,14-15H,5,7H2,1-2H3,(H,12,16). The first-order chi connectivity index (χ1) is 7.67. The first-order valence-electron chi connectivity index (χ1n) is 5.18. The third kappa shape index (κ3) is 3.51. The Balaban J connectivity index is 2.61. The Morgan fingerprint density at radius 3 is 3.00 bits per heavy atom. The van der Waals surface area contributed by atoms with E-state index in [1.54, 1.807) is 25.5 Å². The molecule has 16 heavy (non-hydrogen) atoms. The van der Waals surface area contributed by atoms with E-state index in [0.29, 0.717) is 6.42 Å². The number of pyridine rings is 1. The second-order valence-electron chi connectivity index (χ2n) is 3.61. The molecule has 5 heteroatoms. The third-order valence-corrected chi connectivity index (χ3v) is 2.25. The van der Waals surface area contributed by atoms with Crippen LogP contribution in [-0.2, 0) is 11.4 Å². The molecule has 0 aliphatic carbocycles. The molecule has 0 aliphatic rings. The summed E-state index contributed by atoms with van der Waals surface area (Å²) in [6.45, 7) is 1.86. The van der Waals surface area contributed by atoms with E-state index in [9.17, 15) is 4.79 Å². The van der Waals surface area contributed by atoms with E-state index in [1.165, 1.54) is 0 Å². The molecule has 0 aliphatic heterocycles. The minimum Gasteiger partial charge on any atom is -0.392 e. The molecule has 0 radical (unpaired) electrons. The van der Waals surface area contributed by atoms with Crippen molar-refractivity contribution in [3.05, 3.63) is 24.0 Å². The summed E-state index contributed by atoms with van der Waals surface area (Å²) in [5.41, 5.74) is 1.54. The van der Waals surface area contributed by atoms with Gasteiger partial charge >= 0.3 is 0 Å². The molecular weight excluding hydrogens is 206 g/mol. The average molecular weight is 223 g/mol. The molecule has 5 nitrogen and oxygen atoms in total. The van der Waals surface area contributed by atoms with E-state index in [1.807, 2.05) is 6.92 Å². The Hall–Kier alpha value is -1.62. The number of aliphatic hydroxyl groups is 1. The average Bonchev–Trinajstić information content (AvgIpc) is 2.29. The lowest BCUT2D eigenvalue weighted by atomic mass is 10.2. The molecule has 88 valence electrons. The maximum Gasteiger partial charge on any atom is 0.221 e. The summed E-state index contributed by atoms with van der Waals surface area (Å²) in [5, 5.41) is 14.8. The molecule has 1 atom stereocenters. The van der Waals surface area contributed by atoms with Crippen LogP contribution in [0.15, 0.2) is 18.5 Å². The Kier molecular flexibility index (Phi) is 4.72. The zero-order chi connectivity index (χ0) is 12.0. The quantitative estimate of drug-likeness (QED) is 0.680. The highest BCUT2D eigenvalue weighted by atomic mass is 16.3. The van der Waals surface area contributed by atoms with Gasteiger partial charge in [-0.2, -0.15) is 0 Å². The molecular formula is C11H17N3O2. The maximum atomic E-state index is 11.2. The highest BCUT2D eigenvalue weighted by Crippen LogP contribution is 2.14. The number of amides is 1. The molecule has 1 rings (SSSR count). The van der Waals surface area contributed by atoms with Gasteiger partial charge < -0.3 is 15.7 Å². The van der Waals surface area contributed by atoms with Gasteiger partial charge in [-0.25, -0.2) is 0 Å². The van der Waals surface area contributed by atoms with Crippen molar-refractivity contribution in [1.29, 1.82) is 0 Å². The lowest BCUT2D eigenvalue weighted by Gasteiger charge is -2.16. The van der Waals surface area contributed by atoms with Crippen LogP contribution in [0.4, 0.5) is 5.69 Å². The van der Waals surface area contributed by atoms with Crippen molar-refractivity contribution < 1.29 is 9.90 Å². The van der Waals surface area contributed by atoms with Crippen molar-refractivity contribution in [3.63, 3.8) is 0 Å². The minimum absolute atomic E-state index is 0.00514. The van der Waals surface area contributed by atoms with Crippen LogP contribution in [0.25, 0.3) is 0 Å². The van der Waals surface area contributed by atoms with Crippen LogP contribution in [0, 0.1) is 0 Å². The van der Waals surface area contributed by atoms with Crippen LogP contribution in [-0.4, -0.2) is 29.1 Å². The lowest BCUT2D eigenvalue weighted by molar-refractivity contribution is -0.120. The topological polar surface area (TPSA) is 74.2 Å². The molecule has 0 saturated carbocycles. The molecule has 0 spiro atoms. The first kappa shape index (κ1) is 12.4. The van der Waals surface area contributed by atoms with Gasteiger partial charge in [0, 0.05) is 31.3 Å². The summed E-state index contributed by atoms with van der Waals surface area (Å²) in [5.74, 6) is -0.0190. The van der Waals surface area contributed by atoms with Crippen molar-refractivity contribution in [2.24, 2.45) is 0 Å². The Morgan fingerprint density at radius 1 is 1.62 bits per heavy atom. The number of nitrogens with one attached hydrogen (secondary N) is 2. The first-order valence-corrected chi connectivity index (χ1v) is 5.18. The molecule has 1 aromatic heterocycles. The van der Waals surface area contributed by atoms with Gasteiger partial charge in [0.25, 0.3) is 0 Å². The summed E-state index contributed by atoms with van der Waals surface area (Å²) >= 11 is 0. The van der Waals surface area contributed by atoms with Crippen molar-refractivity contribution >= 4 is 11.6 Å². The third-order valence-electron chi connectivity index (χ3n) is 2.25. The SMILES string of the molecule is CNC(=O)CC(C)Nc1cnccc1CO. The highest BCUT2D eigenvalue weighted by Gasteiger charge is 2.09. The van der Waals surface area contributed by atoms with Gasteiger partial charge in [0.1, 0.15) is 0 Å². The van der Waals surface area contributed by atoms with E-state index in [4.69, 9.17) is 5.11 Å². The van der Waals surface area contributed by atoms with Crippen molar-refractivity contribution in [1.82, 2.24) is 10.3 Å². The highest BCUT2D eigenvalue weighted by molar-refractivity contribution is 5.76. The number of carbonyl (C=O) groups is 1.